The first-order valence-electron chi connectivity index (χ1n) is 8.52. The van der Waals surface area contributed by atoms with E-state index < -0.39 is 0 Å². The van der Waals surface area contributed by atoms with Crippen LogP contribution in [-0.2, 0) is 0 Å². The summed E-state index contributed by atoms with van der Waals surface area (Å²) < 4.78 is 5.46. The van der Waals surface area contributed by atoms with E-state index >= 15 is 0 Å². The SMILES string of the molecule is CCOc1ccc(Nc2cc(C3CC3)nc(NCCCO)n2)cc1. The third-order valence-corrected chi connectivity index (χ3v) is 3.80. The van der Waals surface area contributed by atoms with Crippen molar-refractivity contribution in [1.29, 1.82) is 0 Å². The van der Waals surface area contributed by atoms with E-state index in [-0.39, 0.29) is 6.61 Å². The first kappa shape index (κ1) is 16.5. The monoisotopic (exact) mass is 328 g/mol. The van der Waals surface area contributed by atoms with Gasteiger partial charge in [0, 0.05) is 30.8 Å². The van der Waals surface area contributed by atoms with Crippen molar-refractivity contribution in [3.8, 4) is 5.75 Å². The molecule has 24 heavy (non-hydrogen) atoms. The van der Waals surface area contributed by atoms with E-state index in [1.54, 1.807) is 0 Å². The fourth-order valence-electron chi connectivity index (χ4n) is 2.43. The van der Waals surface area contributed by atoms with Gasteiger partial charge in [0.25, 0.3) is 0 Å². The molecule has 128 valence electrons. The van der Waals surface area contributed by atoms with Crippen LogP contribution in [0.15, 0.2) is 30.3 Å². The normalized spacial score (nSPS) is 13.6. The number of aliphatic hydroxyl groups is 1. The molecule has 0 unspecified atom stereocenters. The van der Waals surface area contributed by atoms with Crippen LogP contribution in [-0.4, -0.2) is 34.8 Å². The van der Waals surface area contributed by atoms with Crippen LogP contribution in [0.3, 0.4) is 0 Å². The fourth-order valence-corrected chi connectivity index (χ4v) is 2.43. The maximum absolute atomic E-state index is 8.90. The molecule has 1 aromatic carbocycles. The zero-order chi connectivity index (χ0) is 16.8. The molecule has 1 aromatic heterocycles. The molecule has 0 radical (unpaired) electrons. The fraction of sp³-hybridized carbons (Fsp3) is 0.444. The van der Waals surface area contributed by atoms with Gasteiger partial charge in [0.05, 0.1) is 12.3 Å². The predicted molar refractivity (Wildman–Crippen MR) is 95.1 cm³/mol. The first-order valence-corrected chi connectivity index (χ1v) is 8.52. The molecule has 3 N–H and O–H groups in total. The van der Waals surface area contributed by atoms with Crippen LogP contribution < -0.4 is 15.4 Å². The van der Waals surface area contributed by atoms with Gasteiger partial charge in [0.1, 0.15) is 11.6 Å². The number of aromatic nitrogens is 2. The van der Waals surface area contributed by atoms with Gasteiger partial charge in [0.15, 0.2) is 0 Å². The Morgan fingerprint density at radius 2 is 2.00 bits per heavy atom. The Balaban J connectivity index is 1.73. The Labute approximate surface area is 142 Å². The Morgan fingerprint density at radius 1 is 1.21 bits per heavy atom. The highest BCUT2D eigenvalue weighted by Gasteiger charge is 2.26. The third kappa shape index (κ3) is 4.58. The van der Waals surface area contributed by atoms with Crippen molar-refractivity contribution in [2.45, 2.75) is 32.1 Å². The van der Waals surface area contributed by atoms with E-state index in [0.29, 0.717) is 31.4 Å². The summed E-state index contributed by atoms with van der Waals surface area (Å²) >= 11 is 0. The largest absolute Gasteiger partial charge is 0.494 e. The van der Waals surface area contributed by atoms with Crippen molar-refractivity contribution in [3.05, 3.63) is 36.0 Å². The van der Waals surface area contributed by atoms with Crippen LogP contribution >= 0.6 is 0 Å². The number of hydrogen-bond donors (Lipinski definition) is 3. The molecular weight excluding hydrogens is 304 g/mol. The van der Waals surface area contributed by atoms with Gasteiger partial charge in [-0.1, -0.05) is 0 Å². The van der Waals surface area contributed by atoms with Gasteiger partial charge in [-0.3, -0.25) is 0 Å². The first-order chi connectivity index (χ1) is 11.8. The Kier molecular flexibility index (Phi) is 5.48. The van der Waals surface area contributed by atoms with Gasteiger partial charge in [-0.25, -0.2) is 4.98 Å². The summed E-state index contributed by atoms with van der Waals surface area (Å²) in [6.45, 7) is 3.45. The number of aliphatic hydroxyl groups excluding tert-OH is 1. The molecule has 1 aliphatic rings. The summed E-state index contributed by atoms with van der Waals surface area (Å²) in [5.41, 5.74) is 2.03. The second-order valence-corrected chi connectivity index (χ2v) is 5.86. The molecule has 1 fully saturated rings. The lowest BCUT2D eigenvalue weighted by Crippen LogP contribution is -2.09. The van der Waals surface area contributed by atoms with Crippen LogP contribution in [0.25, 0.3) is 0 Å². The van der Waals surface area contributed by atoms with Crippen molar-refractivity contribution in [2.24, 2.45) is 0 Å². The summed E-state index contributed by atoms with van der Waals surface area (Å²) in [5.74, 6) is 2.80. The van der Waals surface area contributed by atoms with Gasteiger partial charge >= 0.3 is 0 Å². The number of ether oxygens (including phenoxy) is 1. The van der Waals surface area contributed by atoms with E-state index in [0.717, 1.165) is 22.9 Å². The summed E-state index contributed by atoms with van der Waals surface area (Å²) in [6.07, 6.45) is 3.06. The smallest absolute Gasteiger partial charge is 0.224 e. The summed E-state index contributed by atoms with van der Waals surface area (Å²) in [7, 11) is 0. The van der Waals surface area contributed by atoms with E-state index in [1.807, 2.05) is 37.3 Å². The second-order valence-electron chi connectivity index (χ2n) is 5.86. The molecule has 6 heteroatoms. The Morgan fingerprint density at radius 3 is 2.67 bits per heavy atom. The minimum Gasteiger partial charge on any atom is -0.494 e. The molecule has 0 atom stereocenters. The molecule has 1 aliphatic carbocycles. The topological polar surface area (TPSA) is 79.3 Å². The van der Waals surface area contributed by atoms with Crippen LogP contribution in [0, 0.1) is 0 Å². The van der Waals surface area contributed by atoms with E-state index in [4.69, 9.17) is 9.84 Å². The van der Waals surface area contributed by atoms with Crippen molar-refractivity contribution in [1.82, 2.24) is 9.97 Å². The zero-order valence-corrected chi connectivity index (χ0v) is 14.0. The van der Waals surface area contributed by atoms with Crippen LogP contribution in [0.5, 0.6) is 5.75 Å². The predicted octanol–water partition coefficient (Wildman–Crippen LogP) is 3.29. The summed E-state index contributed by atoms with van der Waals surface area (Å²) in [4.78, 5) is 9.11. The Hall–Kier alpha value is -2.34. The van der Waals surface area contributed by atoms with E-state index in [2.05, 4.69) is 20.6 Å². The average Bonchev–Trinajstić information content (AvgIpc) is 3.42. The lowest BCUT2D eigenvalue weighted by molar-refractivity contribution is 0.292. The number of nitrogens with one attached hydrogen (secondary N) is 2. The average molecular weight is 328 g/mol. The molecule has 1 heterocycles. The number of rotatable bonds is 9. The zero-order valence-electron chi connectivity index (χ0n) is 14.0. The number of nitrogens with zero attached hydrogens (tertiary/aromatic N) is 2. The summed E-state index contributed by atoms with van der Waals surface area (Å²) in [5, 5.41) is 15.4. The molecule has 0 bridgehead atoms. The highest BCUT2D eigenvalue weighted by atomic mass is 16.5. The lowest BCUT2D eigenvalue weighted by atomic mass is 10.2. The van der Waals surface area contributed by atoms with Gasteiger partial charge in [-0.05, 0) is 50.5 Å². The number of hydrogen-bond acceptors (Lipinski definition) is 6. The molecule has 0 spiro atoms. The highest BCUT2D eigenvalue weighted by molar-refractivity contribution is 5.59. The highest BCUT2D eigenvalue weighted by Crippen LogP contribution is 2.40. The standard InChI is InChI=1S/C18H24N4O2/c1-2-24-15-8-6-14(7-9-15)20-17-12-16(13-4-5-13)21-18(22-17)19-10-3-11-23/h6-9,12-13,23H,2-5,10-11H2,1H3,(H2,19,20,21,22). The van der Waals surface area contributed by atoms with Crippen molar-refractivity contribution >= 4 is 17.5 Å². The van der Waals surface area contributed by atoms with Crippen LogP contribution in [0.4, 0.5) is 17.5 Å². The van der Waals surface area contributed by atoms with Gasteiger partial charge in [-0.15, -0.1) is 0 Å². The van der Waals surface area contributed by atoms with Crippen LogP contribution in [0.2, 0.25) is 0 Å². The van der Waals surface area contributed by atoms with Crippen molar-refractivity contribution in [3.63, 3.8) is 0 Å². The molecule has 0 saturated heterocycles. The molecule has 0 aliphatic heterocycles. The van der Waals surface area contributed by atoms with E-state index in [9.17, 15) is 0 Å². The van der Waals surface area contributed by atoms with Crippen molar-refractivity contribution in [2.75, 3.05) is 30.4 Å². The molecule has 1 saturated carbocycles. The minimum absolute atomic E-state index is 0.159. The van der Waals surface area contributed by atoms with Crippen LogP contribution in [0.1, 0.15) is 37.8 Å². The molecule has 0 amide bonds. The number of benzene rings is 1. The molecule has 6 nitrogen and oxygen atoms in total. The van der Waals surface area contributed by atoms with Gasteiger partial charge < -0.3 is 20.5 Å². The molecule has 3 rings (SSSR count). The quantitative estimate of drug-likeness (QED) is 0.613. The molecule has 2 aromatic rings. The van der Waals surface area contributed by atoms with Gasteiger partial charge in [-0.2, -0.15) is 4.98 Å². The maximum Gasteiger partial charge on any atom is 0.224 e. The maximum atomic E-state index is 8.90. The minimum atomic E-state index is 0.159. The molecular formula is C18H24N4O2. The third-order valence-electron chi connectivity index (χ3n) is 3.80. The second kappa shape index (κ2) is 7.97. The lowest BCUT2D eigenvalue weighted by Gasteiger charge is -2.11. The van der Waals surface area contributed by atoms with Gasteiger partial charge in [0.2, 0.25) is 5.95 Å². The van der Waals surface area contributed by atoms with E-state index in [1.165, 1.54) is 12.8 Å². The summed E-state index contributed by atoms with van der Waals surface area (Å²) in [6, 6.07) is 9.85. The Bertz CT molecular complexity index is 657. The van der Waals surface area contributed by atoms with Crippen molar-refractivity contribution < 1.29 is 9.84 Å². The number of anilines is 3.